The van der Waals surface area contributed by atoms with E-state index in [0.29, 0.717) is 42.3 Å². The highest BCUT2D eigenvalue weighted by atomic mass is 16.5. The number of rotatable bonds is 5. The molecule has 0 unspecified atom stereocenters. The Morgan fingerprint density at radius 1 is 1.19 bits per heavy atom. The van der Waals surface area contributed by atoms with Crippen molar-refractivity contribution in [1.82, 2.24) is 9.97 Å². The van der Waals surface area contributed by atoms with Crippen LogP contribution in [-0.4, -0.2) is 41.8 Å². The number of fused-ring (bicyclic) bond motifs is 1. The molecule has 1 aromatic heterocycles. The van der Waals surface area contributed by atoms with Gasteiger partial charge in [0.05, 0.1) is 19.8 Å². The van der Waals surface area contributed by atoms with Gasteiger partial charge in [-0.3, -0.25) is 0 Å². The van der Waals surface area contributed by atoms with Crippen molar-refractivity contribution >= 4 is 17.9 Å². The standard InChI is InChI=1S/C19H21N3O4/c1-25-15-7-5-13(6-8-15)11-22-9-3-4-14(19(23)24)10-16-17(22)20-12-21-18(16)26-2/h5-8,10,12H,3-4,9,11H2,1-2H3,(H,23,24). The number of ether oxygens (including phenoxy) is 2. The molecule has 2 heterocycles. The third kappa shape index (κ3) is 3.77. The number of carbonyl (C=O) groups is 1. The van der Waals surface area contributed by atoms with E-state index in [2.05, 4.69) is 14.9 Å². The monoisotopic (exact) mass is 355 g/mol. The van der Waals surface area contributed by atoms with Gasteiger partial charge in [0, 0.05) is 18.7 Å². The molecule has 0 aliphatic carbocycles. The molecule has 0 atom stereocenters. The third-order valence-electron chi connectivity index (χ3n) is 4.32. The minimum atomic E-state index is -0.925. The van der Waals surface area contributed by atoms with Crippen LogP contribution >= 0.6 is 0 Å². The maximum Gasteiger partial charge on any atom is 0.331 e. The summed E-state index contributed by atoms with van der Waals surface area (Å²) in [7, 11) is 3.16. The summed E-state index contributed by atoms with van der Waals surface area (Å²) in [6.45, 7) is 1.33. The first kappa shape index (κ1) is 17.7. The molecule has 1 aliphatic heterocycles. The van der Waals surface area contributed by atoms with E-state index in [1.165, 1.54) is 13.4 Å². The molecule has 1 aliphatic rings. The second-order valence-corrected chi connectivity index (χ2v) is 5.97. The van der Waals surface area contributed by atoms with Crippen molar-refractivity contribution in [1.29, 1.82) is 0 Å². The Morgan fingerprint density at radius 2 is 1.96 bits per heavy atom. The van der Waals surface area contributed by atoms with Crippen LogP contribution in [0.1, 0.15) is 24.0 Å². The topological polar surface area (TPSA) is 84.8 Å². The van der Waals surface area contributed by atoms with Gasteiger partial charge >= 0.3 is 5.97 Å². The molecule has 26 heavy (non-hydrogen) atoms. The maximum atomic E-state index is 11.5. The predicted octanol–water partition coefficient (Wildman–Crippen LogP) is 2.76. The highest BCUT2D eigenvalue weighted by molar-refractivity contribution is 5.93. The number of carboxylic acids is 1. The normalized spacial score (nSPS) is 13.9. The molecular formula is C19H21N3O4. The van der Waals surface area contributed by atoms with Crippen molar-refractivity contribution in [3.05, 3.63) is 47.3 Å². The van der Waals surface area contributed by atoms with Gasteiger partial charge in [0.2, 0.25) is 5.88 Å². The van der Waals surface area contributed by atoms with Crippen LogP contribution in [-0.2, 0) is 11.3 Å². The molecule has 7 heteroatoms. The lowest BCUT2D eigenvalue weighted by Crippen LogP contribution is -2.27. The van der Waals surface area contributed by atoms with E-state index in [1.807, 2.05) is 24.3 Å². The summed E-state index contributed by atoms with van der Waals surface area (Å²) in [6.07, 6.45) is 4.26. The van der Waals surface area contributed by atoms with Crippen LogP contribution in [0.4, 0.5) is 5.82 Å². The van der Waals surface area contributed by atoms with Crippen molar-refractivity contribution in [2.45, 2.75) is 19.4 Å². The number of carboxylic acid groups (broad SMARTS) is 1. The third-order valence-corrected chi connectivity index (χ3v) is 4.32. The molecule has 3 rings (SSSR count). The van der Waals surface area contributed by atoms with E-state index in [-0.39, 0.29) is 0 Å². The van der Waals surface area contributed by atoms with E-state index >= 15 is 0 Å². The van der Waals surface area contributed by atoms with Crippen molar-refractivity contribution in [3.8, 4) is 11.6 Å². The Labute approximate surface area is 151 Å². The van der Waals surface area contributed by atoms with Gasteiger partial charge in [-0.1, -0.05) is 12.1 Å². The van der Waals surface area contributed by atoms with Crippen molar-refractivity contribution in [2.75, 3.05) is 25.7 Å². The minimum absolute atomic E-state index is 0.337. The highest BCUT2D eigenvalue weighted by Crippen LogP contribution is 2.32. The molecule has 0 bridgehead atoms. The van der Waals surface area contributed by atoms with Crippen molar-refractivity contribution in [2.24, 2.45) is 0 Å². The number of hydrogen-bond acceptors (Lipinski definition) is 6. The molecule has 2 aromatic rings. The first-order valence-corrected chi connectivity index (χ1v) is 8.33. The molecule has 136 valence electrons. The van der Waals surface area contributed by atoms with Crippen molar-refractivity contribution < 1.29 is 19.4 Å². The predicted molar refractivity (Wildman–Crippen MR) is 97.5 cm³/mol. The van der Waals surface area contributed by atoms with E-state index in [4.69, 9.17) is 9.47 Å². The van der Waals surface area contributed by atoms with Gasteiger partial charge in [-0.05, 0) is 36.6 Å². The van der Waals surface area contributed by atoms with Crippen LogP contribution in [0, 0.1) is 0 Å². The van der Waals surface area contributed by atoms with E-state index < -0.39 is 5.97 Å². The highest BCUT2D eigenvalue weighted by Gasteiger charge is 2.22. The summed E-state index contributed by atoms with van der Waals surface area (Å²) in [5.41, 5.74) is 2.04. The summed E-state index contributed by atoms with van der Waals surface area (Å²) in [5, 5.41) is 9.42. The molecule has 7 nitrogen and oxygen atoms in total. The van der Waals surface area contributed by atoms with Gasteiger partial charge in [-0.15, -0.1) is 0 Å². The lowest BCUT2D eigenvalue weighted by atomic mass is 10.0. The molecule has 0 spiro atoms. The van der Waals surface area contributed by atoms with Gasteiger partial charge in [0.15, 0.2) is 0 Å². The number of benzene rings is 1. The summed E-state index contributed by atoms with van der Waals surface area (Å²) in [6, 6.07) is 7.86. The smallest absolute Gasteiger partial charge is 0.331 e. The van der Waals surface area contributed by atoms with E-state index in [1.54, 1.807) is 13.2 Å². The lowest BCUT2D eigenvalue weighted by Gasteiger charge is -2.27. The van der Waals surface area contributed by atoms with Crippen LogP contribution in [0.3, 0.4) is 0 Å². The molecule has 1 N–H and O–H groups in total. The maximum absolute atomic E-state index is 11.5. The molecule has 1 aromatic carbocycles. The van der Waals surface area contributed by atoms with Crippen molar-refractivity contribution in [3.63, 3.8) is 0 Å². The van der Waals surface area contributed by atoms with Crippen LogP contribution in [0.2, 0.25) is 0 Å². The van der Waals surface area contributed by atoms with E-state index in [9.17, 15) is 9.90 Å². The molecule has 0 radical (unpaired) electrons. The molecule has 0 amide bonds. The summed E-state index contributed by atoms with van der Waals surface area (Å²) >= 11 is 0. The van der Waals surface area contributed by atoms with Crippen LogP contribution < -0.4 is 14.4 Å². The van der Waals surface area contributed by atoms with Crippen LogP contribution in [0.25, 0.3) is 6.08 Å². The van der Waals surface area contributed by atoms with Gasteiger partial charge in [-0.25, -0.2) is 14.8 Å². The summed E-state index contributed by atoms with van der Waals surface area (Å²) in [4.78, 5) is 22.1. The van der Waals surface area contributed by atoms with Crippen LogP contribution in [0.5, 0.6) is 11.6 Å². The van der Waals surface area contributed by atoms with Gasteiger partial charge in [0.25, 0.3) is 0 Å². The summed E-state index contributed by atoms with van der Waals surface area (Å²) in [5.74, 6) is 0.923. The van der Waals surface area contributed by atoms with E-state index in [0.717, 1.165) is 17.7 Å². The summed E-state index contributed by atoms with van der Waals surface area (Å²) < 4.78 is 10.5. The first-order chi connectivity index (χ1) is 12.6. The Kier molecular flexibility index (Phi) is 5.36. The van der Waals surface area contributed by atoms with Gasteiger partial charge in [-0.2, -0.15) is 0 Å². The fourth-order valence-electron chi connectivity index (χ4n) is 3.00. The number of methoxy groups -OCH3 is 2. The average Bonchev–Trinajstić information content (AvgIpc) is 2.64. The zero-order valence-corrected chi connectivity index (χ0v) is 14.8. The zero-order valence-electron chi connectivity index (χ0n) is 14.8. The number of aliphatic carboxylic acids is 1. The number of anilines is 1. The fourth-order valence-corrected chi connectivity index (χ4v) is 3.00. The Hall–Kier alpha value is -3.09. The van der Waals surface area contributed by atoms with Gasteiger partial charge in [0.1, 0.15) is 17.9 Å². The number of nitrogens with zero attached hydrogens (tertiary/aromatic N) is 3. The second kappa shape index (κ2) is 7.86. The molecular weight excluding hydrogens is 334 g/mol. The Morgan fingerprint density at radius 3 is 2.62 bits per heavy atom. The zero-order chi connectivity index (χ0) is 18.5. The first-order valence-electron chi connectivity index (χ1n) is 8.33. The minimum Gasteiger partial charge on any atom is -0.497 e. The Bertz CT molecular complexity index is 818. The lowest BCUT2D eigenvalue weighted by molar-refractivity contribution is -0.132. The fraction of sp³-hybridized carbons (Fsp3) is 0.316. The largest absolute Gasteiger partial charge is 0.497 e. The second-order valence-electron chi connectivity index (χ2n) is 5.97. The molecule has 0 saturated heterocycles. The number of aromatic nitrogens is 2. The SMILES string of the molecule is COc1ccc(CN2CCCC(C(=O)O)=Cc3c(OC)ncnc32)cc1. The Balaban J connectivity index is 1.99. The molecule has 0 fully saturated rings. The molecule has 0 saturated carbocycles. The van der Waals surface area contributed by atoms with Gasteiger partial charge < -0.3 is 19.5 Å². The van der Waals surface area contributed by atoms with Crippen LogP contribution in [0.15, 0.2) is 36.2 Å². The average molecular weight is 355 g/mol. The quantitative estimate of drug-likeness (QED) is 0.883. The number of hydrogen-bond donors (Lipinski definition) is 1.